The highest BCUT2D eigenvalue weighted by Gasteiger charge is 2.16. The largest absolute Gasteiger partial charge is 0.310 e. The molecule has 0 saturated carbocycles. The number of pyridine rings is 1. The van der Waals surface area contributed by atoms with Gasteiger partial charge in [0.1, 0.15) is 0 Å². The third kappa shape index (κ3) is 3.12. The second kappa shape index (κ2) is 6.33. The van der Waals surface area contributed by atoms with E-state index in [0.29, 0.717) is 0 Å². The van der Waals surface area contributed by atoms with Crippen LogP contribution in [0.25, 0.3) is 10.9 Å². The Bertz CT molecular complexity index is 730. The number of nitrogens with zero attached hydrogens (tertiary/aromatic N) is 2. The standard InChI is InChI=1S/C17H19N3S/c1-3-18-16(10-14-11-21-12(2)20-14)15-8-4-6-13-7-5-9-19-17(13)15/h4-9,11,16,18H,3,10H2,1-2H3. The molecule has 108 valence electrons. The van der Waals surface area contributed by atoms with E-state index in [1.165, 1.54) is 10.9 Å². The van der Waals surface area contributed by atoms with Crippen LogP contribution >= 0.6 is 11.3 Å². The van der Waals surface area contributed by atoms with Crippen LogP contribution in [-0.4, -0.2) is 16.5 Å². The Hall–Kier alpha value is -1.78. The maximum absolute atomic E-state index is 4.60. The number of benzene rings is 1. The molecule has 4 heteroatoms. The molecule has 0 fully saturated rings. The molecule has 3 rings (SSSR count). The Labute approximate surface area is 129 Å². The summed E-state index contributed by atoms with van der Waals surface area (Å²) < 4.78 is 0. The number of para-hydroxylation sites is 1. The minimum atomic E-state index is 0.245. The maximum Gasteiger partial charge on any atom is 0.0897 e. The molecule has 0 aliphatic rings. The van der Waals surface area contributed by atoms with Gasteiger partial charge in [0.2, 0.25) is 0 Å². The highest BCUT2D eigenvalue weighted by molar-refractivity contribution is 7.09. The number of rotatable bonds is 5. The van der Waals surface area contributed by atoms with Gasteiger partial charge in [0, 0.05) is 29.4 Å². The number of aromatic nitrogens is 2. The van der Waals surface area contributed by atoms with Gasteiger partial charge in [0.25, 0.3) is 0 Å². The molecule has 0 spiro atoms. The monoisotopic (exact) mass is 297 g/mol. The summed E-state index contributed by atoms with van der Waals surface area (Å²) in [4.78, 5) is 9.17. The van der Waals surface area contributed by atoms with Crippen molar-refractivity contribution in [3.05, 3.63) is 58.2 Å². The zero-order chi connectivity index (χ0) is 14.7. The maximum atomic E-state index is 4.60. The molecule has 0 radical (unpaired) electrons. The van der Waals surface area contributed by atoms with Crippen LogP contribution in [0.5, 0.6) is 0 Å². The first-order valence-electron chi connectivity index (χ1n) is 7.26. The van der Waals surface area contributed by atoms with E-state index in [2.05, 4.69) is 58.8 Å². The Morgan fingerprint density at radius 1 is 1.24 bits per heavy atom. The topological polar surface area (TPSA) is 37.8 Å². The Kier molecular flexibility index (Phi) is 4.27. The molecule has 0 saturated heterocycles. The molecule has 1 N–H and O–H groups in total. The van der Waals surface area contributed by atoms with E-state index < -0.39 is 0 Å². The summed E-state index contributed by atoms with van der Waals surface area (Å²) >= 11 is 1.71. The fourth-order valence-corrected chi connectivity index (χ4v) is 3.28. The molecule has 2 aromatic heterocycles. The van der Waals surface area contributed by atoms with E-state index in [0.717, 1.165) is 29.2 Å². The van der Waals surface area contributed by atoms with Crippen molar-refractivity contribution in [3.63, 3.8) is 0 Å². The van der Waals surface area contributed by atoms with Crippen molar-refractivity contribution in [2.24, 2.45) is 0 Å². The van der Waals surface area contributed by atoms with Crippen molar-refractivity contribution in [3.8, 4) is 0 Å². The zero-order valence-electron chi connectivity index (χ0n) is 12.3. The van der Waals surface area contributed by atoms with Gasteiger partial charge in [-0.05, 0) is 25.1 Å². The predicted octanol–water partition coefficient (Wildman–Crippen LogP) is 3.89. The second-order valence-corrected chi connectivity index (χ2v) is 6.16. The molecule has 1 unspecified atom stereocenters. The number of hydrogen-bond acceptors (Lipinski definition) is 4. The van der Waals surface area contributed by atoms with Gasteiger partial charge in [0.15, 0.2) is 0 Å². The summed E-state index contributed by atoms with van der Waals surface area (Å²) in [6, 6.07) is 10.7. The normalized spacial score (nSPS) is 12.7. The van der Waals surface area contributed by atoms with Gasteiger partial charge in [-0.1, -0.05) is 31.2 Å². The van der Waals surface area contributed by atoms with Gasteiger partial charge in [-0.2, -0.15) is 0 Å². The fraction of sp³-hybridized carbons (Fsp3) is 0.294. The van der Waals surface area contributed by atoms with Gasteiger partial charge in [-0.3, -0.25) is 4.98 Å². The molecule has 21 heavy (non-hydrogen) atoms. The van der Waals surface area contributed by atoms with E-state index in [1.807, 2.05) is 12.3 Å². The molecule has 0 aliphatic carbocycles. The van der Waals surface area contributed by atoms with Crippen LogP contribution in [0.4, 0.5) is 0 Å². The number of likely N-dealkylation sites (N-methyl/N-ethyl adjacent to an activating group) is 1. The van der Waals surface area contributed by atoms with Crippen LogP contribution in [0.2, 0.25) is 0 Å². The Morgan fingerprint density at radius 3 is 2.86 bits per heavy atom. The van der Waals surface area contributed by atoms with Gasteiger partial charge in [-0.25, -0.2) is 4.98 Å². The molecule has 3 nitrogen and oxygen atoms in total. The molecule has 0 aliphatic heterocycles. The highest BCUT2D eigenvalue weighted by Crippen LogP contribution is 2.25. The van der Waals surface area contributed by atoms with E-state index in [1.54, 1.807) is 11.3 Å². The second-order valence-electron chi connectivity index (χ2n) is 5.09. The predicted molar refractivity (Wildman–Crippen MR) is 88.7 cm³/mol. The number of hydrogen-bond donors (Lipinski definition) is 1. The van der Waals surface area contributed by atoms with E-state index in [4.69, 9.17) is 0 Å². The van der Waals surface area contributed by atoms with Gasteiger partial charge >= 0.3 is 0 Å². The number of aryl methyl sites for hydroxylation is 1. The highest BCUT2D eigenvalue weighted by atomic mass is 32.1. The lowest BCUT2D eigenvalue weighted by molar-refractivity contribution is 0.547. The van der Waals surface area contributed by atoms with Crippen molar-refractivity contribution in [1.82, 2.24) is 15.3 Å². The van der Waals surface area contributed by atoms with Crippen LogP contribution in [0.15, 0.2) is 41.9 Å². The molecule has 0 amide bonds. The van der Waals surface area contributed by atoms with Crippen molar-refractivity contribution < 1.29 is 0 Å². The zero-order valence-corrected chi connectivity index (χ0v) is 13.2. The van der Waals surface area contributed by atoms with E-state index in [9.17, 15) is 0 Å². The lowest BCUT2D eigenvalue weighted by Gasteiger charge is -2.18. The lowest BCUT2D eigenvalue weighted by Crippen LogP contribution is -2.23. The van der Waals surface area contributed by atoms with Gasteiger partial charge < -0.3 is 5.32 Å². The summed E-state index contributed by atoms with van der Waals surface area (Å²) in [6.07, 6.45) is 2.76. The minimum Gasteiger partial charge on any atom is -0.310 e. The average molecular weight is 297 g/mol. The number of thiazole rings is 1. The summed E-state index contributed by atoms with van der Waals surface area (Å²) in [5, 5.41) is 8.03. The van der Waals surface area contributed by atoms with Crippen LogP contribution in [-0.2, 0) is 6.42 Å². The first-order valence-corrected chi connectivity index (χ1v) is 8.14. The molecular formula is C17H19N3S. The van der Waals surface area contributed by atoms with Crippen molar-refractivity contribution in [2.75, 3.05) is 6.54 Å². The molecule has 0 bridgehead atoms. The first-order chi connectivity index (χ1) is 10.3. The Morgan fingerprint density at radius 2 is 2.10 bits per heavy atom. The summed E-state index contributed by atoms with van der Waals surface area (Å²) in [5.74, 6) is 0. The SMILES string of the molecule is CCNC(Cc1csc(C)n1)c1cccc2cccnc12. The third-order valence-electron chi connectivity index (χ3n) is 3.57. The number of fused-ring (bicyclic) bond motifs is 1. The van der Waals surface area contributed by atoms with Crippen LogP contribution in [0.3, 0.4) is 0 Å². The minimum absolute atomic E-state index is 0.245. The lowest BCUT2D eigenvalue weighted by atomic mass is 9.99. The molecule has 1 aromatic carbocycles. The van der Waals surface area contributed by atoms with Gasteiger partial charge in [0.05, 0.1) is 16.2 Å². The Balaban J connectivity index is 1.98. The average Bonchev–Trinajstić information content (AvgIpc) is 2.91. The van der Waals surface area contributed by atoms with Gasteiger partial charge in [-0.15, -0.1) is 11.3 Å². The van der Waals surface area contributed by atoms with E-state index in [-0.39, 0.29) is 6.04 Å². The van der Waals surface area contributed by atoms with Crippen LogP contribution in [0.1, 0.15) is 29.2 Å². The molecular weight excluding hydrogens is 278 g/mol. The van der Waals surface area contributed by atoms with Crippen LogP contribution < -0.4 is 5.32 Å². The summed E-state index contributed by atoms with van der Waals surface area (Å²) in [6.45, 7) is 5.12. The third-order valence-corrected chi connectivity index (χ3v) is 4.39. The summed E-state index contributed by atoms with van der Waals surface area (Å²) in [7, 11) is 0. The van der Waals surface area contributed by atoms with Crippen molar-refractivity contribution in [1.29, 1.82) is 0 Å². The molecule has 1 atom stereocenters. The molecule has 3 aromatic rings. The quantitative estimate of drug-likeness (QED) is 0.776. The van der Waals surface area contributed by atoms with Crippen molar-refractivity contribution in [2.45, 2.75) is 26.3 Å². The van der Waals surface area contributed by atoms with Crippen LogP contribution in [0, 0.1) is 6.92 Å². The summed E-state index contributed by atoms with van der Waals surface area (Å²) in [5.41, 5.74) is 3.48. The molecule has 2 heterocycles. The van der Waals surface area contributed by atoms with Crippen molar-refractivity contribution >= 4 is 22.2 Å². The van der Waals surface area contributed by atoms with E-state index >= 15 is 0 Å². The smallest absolute Gasteiger partial charge is 0.0897 e. The first kappa shape index (κ1) is 14.2. The number of nitrogens with one attached hydrogen (secondary N) is 1. The fourth-order valence-electron chi connectivity index (χ4n) is 2.66.